The Morgan fingerprint density at radius 3 is 2.67 bits per heavy atom. The van der Waals surface area contributed by atoms with E-state index in [0.29, 0.717) is 22.6 Å². The van der Waals surface area contributed by atoms with Crippen molar-refractivity contribution in [1.29, 1.82) is 0 Å². The van der Waals surface area contributed by atoms with E-state index in [1.54, 1.807) is 32.0 Å². The third-order valence-electron chi connectivity index (χ3n) is 2.88. The van der Waals surface area contributed by atoms with Crippen molar-refractivity contribution in [3.63, 3.8) is 0 Å². The highest BCUT2D eigenvalue weighted by molar-refractivity contribution is 7.89. The standard InChI is InChI=1S/C13H15N3O3S2/c1-8-3-4-10(13(14)20)6-12(8)21(17,18)15-7-11-5-9(2)19-16-11/h3-6,15H,7H2,1-2H3,(H2,14,20). The molecule has 1 heterocycles. The first-order chi connectivity index (χ1) is 9.79. The van der Waals surface area contributed by atoms with Gasteiger partial charge in [-0.2, -0.15) is 0 Å². The van der Waals surface area contributed by atoms with Gasteiger partial charge in [-0.05, 0) is 25.5 Å². The first-order valence-corrected chi connectivity index (χ1v) is 8.01. The molecule has 2 rings (SSSR count). The van der Waals surface area contributed by atoms with Gasteiger partial charge in [0.25, 0.3) is 0 Å². The van der Waals surface area contributed by atoms with Crippen LogP contribution in [0.4, 0.5) is 0 Å². The third-order valence-corrected chi connectivity index (χ3v) is 4.66. The monoisotopic (exact) mass is 325 g/mol. The minimum Gasteiger partial charge on any atom is -0.389 e. The Kier molecular flexibility index (Phi) is 4.40. The predicted molar refractivity (Wildman–Crippen MR) is 82.3 cm³/mol. The third kappa shape index (κ3) is 3.66. The number of nitrogens with one attached hydrogen (secondary N) is 1. The van der Waals surface area contributed by atoms with E-state index in [4.69, 9.17) is 22.5 Å². The van der Waals surface area contributed by atoms with E-state index in [1.807, 2.05) is 0 Å². The van der Waals surface area contributed by atoms with E-state index in [1.165, 1.54) is 6.07 Å². The van der Waals surface area contributed by atoms with E-state index < -0.39 is 10.0 Å². The van der Waals surface area contributed by atoms with Crippen LogP contribution in [0.15, 0.2) is 33.7 Å². The number of hydrogen-bond donors (Lipinski definition) is 2. The predicted octanol–water partition coefficient (Wildman–Crippen LogP) is 1.40. The molecule has 2 aromatic rings. The highest BCUT2D eigenvalue weighted by Gasteiger charge is 2.18. The summed E-state index contributed by atoms with van der Waals surface area (Å²) in [4.78, 5) is 0.298. The SMILES string of the molecule is Cc1cc(CNS(=O)(=O)c2cc(C(N)=S)ccc2C)no1. The van der Waals surface area contributed by atoms with Crippen molar-refractivity contribution in [3.8, 4) is 0 Å². The van der Waals surface area contributed by atoms with Gasteiger partial charge in [-0.25, -0.2) is 13.1 Å². The zero-order valence-corrected chi connectivity index (χ0v) is 13.2. The fraction of sp³-hybridized carbons (Fsp3) is 0.231. The molecular formula is C13H15N3O3S2. The number of thiocarbonyl (C=S) groups is 1. The molecule has 0 saturated heterocycles. The van der Waals surface area contributed by atoms with Gasteiger partial charge in [-0.1, -0.05) is 29.5 Å². The van der Waals surface area contributed by atoms with Crippen LogP contribution in [-0.2, 0) is 16.6 Å². The summed E-state index contributed by atoms with van der Waals surface area (Å²) in [6.45, 7) is 3.50. The maximum absolute atomic E-state index is 12.4. The maximum atomic E-state index is 12.4. The molecule has 0 radical (unpaired) electrons. The van der Waals surface area contributed by atoms with Crippen LogP contribution >= 0.6 is 12.2 Å². The van der Waals surface area contributed by atoms with Gasteiger partial charge < -0.3 is 10.3 Å². The summed E-state index contributed by atoms with van der Waals surface area (Å²) in [6.07, 6.45) is 0. The summed E-state index contributed by atoms with van der Waals surface area (Å²) < 4.78 is 32.1. The van der Waals surface area contributed by atoms with Crippen LogP contribution in [0, 0.1) is 13.8 Å². The first-order valence-electron chi connectivity index (χ1n) is 6.12. The van der Waals surface area contributed by atoms with Crippen LogP contribution in [0.25, 0.3) is 0 Å². The first kappa shape index (κ1) is 15.6. The molecule has 0 aliphatic heterocycles. The molecule has 0 aliphatic rings. The lowest BCUT2D eigenvalue weighted by Gasteiger charge is -2.10. The fourth-order valence-electron chi connectivity index (χ4n) is 1.79. The van der Waals surface area contributed by atoms with Crippen molar-refractivity contribution in [2.24, 2.45) is 5.73 Å². The van der Waals surface area contributed by atoms with Gasteiger partial charge in [0.05, 0.1) is 17.1 Å². The summed E-state index contributed by atoms with van der Waals surface area (Å²) in [7, 11) is -3.68. The number of nitrogens with zero attached hydrogens (tertiary/aromatic N) is 1. The normalized spacial score (nSPS) is 11.5. The molecular weight excluding hydrogens is 310 g/mol. The molecule has 1 aromatic heterocycles. The number of sulfonamides is 1. The van der Waals surface area contributed by atoms with Gasteiger partial charge in [0.15, 0.2) is 0 Å². The van der Waals surface area contributed by atoms with Crippen LogP contribution < -0.4 is 10.5 Å². The van der Waals surface area contributed by atoms with Crippen molar-refractivity contribution in [2.45, 2.75) is 25.3 Å². The van der Waals surface area contributed by atoms with Crippen LogP contribution in [0.2, 0.25) is 0 Å². The molecule has 0 aliphatic carbocycles. The molecule has 1 aromatic carbocycles. The minimum absolute atomic E-state index is 0.0520. The summed E-state index contributed by atoms with van der Waals surface area (Å²) >= 11 is 4.87. The zero-order valence-electron chi connectivity index (χ0n) is 11.6. The van der Waals surface area contributed by atoms with Crippen LogP contribution in [0.3, 0.4) is 0 Å². The molecule has 0 atom stereocenters. The second kappa shape index (κ2) is 5.92. The van der Waals surface area contributed by atoms with Crippen LogP contribution in [-0.4, -0.2) is 18.6 Å². The Bertz CT molecular complexity index is 782. The fourth-order valence-corrected chi connectivity index (χ4v) is 3.19. The van der Waals surface area contributed by atoms with Crippen molar-refractivity contribution < 1.29 is 12.9 Å². The summed E-state index contributed by atoms with van der Waals surface area (Å²) in [5.74, 6) is 0.621. The highest BCUT2D eigenvalue weighted by Crippen LogP contribution is 2.17. The molecule has 112 valence electrons. The van der Waals surface area contributed by atoms with Gasteiger partial charge in [-0.3, -0.25) is 0 Å². The lowest BCUT2D eigenvalue weighted by atomic mass is 10.1. The van der Waals surface area contributed by atoms with Crippen LogP contribution in [0.1, 0.15) is 22.6 Å². The molecule has 0 amide bonds. The molecule has 0 fully saturated rings. The second-order valence-corrected chi connectivity index (χ2v) is 6.77. The molecule has 6 nitrogen and oxygen atoms in total. The van der Waals surface area contributed by atoms with Crippen LogP contribution in [0.5, 0.6) is 0 Å². The highest BCUT2D eigenvalue weighted by atomic mass is 32.2. The van der Waals surface area contributed by atoms with Gasteiger partial charge in [-0.15, -0.1) is 0 Å². The molecule has 0 saturated carbocycles. The maximum Gasteiger partial charge on any atom is 0.241 e. The lowest BCUT2D eigenvalue weighted by molar-refractivity contribution is 0.390. The summed E-state index contributed by atoms with van der Waals surface area (Å²) in [6, 6.07) is 6.50. The van der Waals surface area contributed by atoms with Crippen molar-refractivity contribution >= 4 is 27.2 Å². The smallest absolute Gasteiger partial charge is 0.241 e. The molecule has 3 N–H and O–H groups in total. The number of nitrogens with two attached hydrogens (primary N) is 1. The molecule has 0 bridgehead atoms. The van der Waals surface area contributed by atoms with Crippen molar-refractivity contribution in [1.82, 2.24) is 9.88 Å². The summed E-state index contributed by atoms with van der Waals surface area (Å²) in [5.41, 5.74) is 7.17. The largest absolute Gasteiger partial charge is 0.389 e. The summed E-state index contributed by atoms with van der Waals surface area (Å²) in [5, 5.41) is 3.74. The van der Waals surface area contributed by atoms with E-state index >= 15 is 0 Å². The van der Waals surface area contributed by atoms with E-state index in [-0.39, 0.29) is 16.4 Å². The van der Waals surface area contributed by atoms with Crippen molar-refractivity contribution in [3.05, 3.63) is 46.8 Å². The molecule has 21 heavy (non-hydrogen) atoms. The molecule has 0 unspecified atom stereocenters. The van der Waals surface area contributed by atoms with Gasteiger partial charge in [0.1, 0.15) is 10.7 Å². The van der Waals surface area contributed by atoms with E-state index in [2.05, 4.69) is 9.88 Å². The Labute approximate surface area is 128 Å². The quantitative estimate of drug-likeness (QED) is 0.807. The number of hydrogen-bond acceptors (Lipinski definition) is 5. The topological polar surface area (TPSA) is 98.2 Å². The average molecular weight is 325 g/mol. The van der Waals surface area contributed by atoms with Crippen molar-refractivity contribution in [2.75, 3.05) is 0 Å². The average Bonchev–Trinajstić information content (AvgIpc) is 2.82. The number of aromatic nitrogens is 1. The minimum atomic E-state index is -3.68. The lowest BCUT2D eigenvalue weighted by Crippen LogP contribution is -2.24. The van der Waals surface area contributed by atoms with E-state index in [0.717, 1.165) is 0 Å². The number of aryl methyl sites for hydroxylation is 2. The van der Waals surface area contributed by atoms with Gasteiger partial charge in [0.2, 0.25) is 10.0 Å². The van der Waals surface area contributed by atoms with Gasteiger partial charge in [0, 0.05) is 11.6 Å². The van der Waals surface area contributed by atoms with Gasteiger partial charge >= 0.3 is 0 Å². The number of benzene rings is 1. The molecule has 0 spiro atoms. The number of rotatable bonds is 5. The zero-order chi connectivity index (χ0) is 15.6. The Morgan fingerprint density at radius 1 is 1.38 bits per heavy atom. The Balaban J connectivity index is 2.26. The Hall–Kier alpha value is -1.77. The van der Waals surface area contributed by atoms with E-state index in [9.17, 15) is 8.42 Å². The molecule has 8 heteroatoms. The Morgan fingerprint density at radius 2 is 2.10 bits per heavy atom. The second-order valence-electron chi connectivity index (χ2n) is 4.60.